The zero-order valence-electron chi connectivity index (χ0n) is 8.54. The van der Waals surface area contributed by atoms with Crippen molar-refractivity contribution in [3.05, 3.63) is 28.2 Å². The topological polar surface area (TPSA) is 58.5 Å². The predicted octanol–water partition coefficient (Wildman–Crippen LogP) is 2.53. The number of nitrogens with one attached hydrogen (secondary N) is 1. The molecule has 0 aromatic heterocycles. The average Bonchev–Trinajstić information content (AvgIpc) is 2.64. The van der Waals surface area contributed by atoms with Crippen LogP contribution in [0.15, 0.2) is 17.3 Å². The van der Waals surface area contributed by atoms with Crippen LogP contribution in [0.25, 0.3) is 0 Å². The van der Waals surface area contributed by atoms with E-state index < -0.39 is 0 Å². The van der Waals surface area contributed by atoms with Gasteiger partial charge in [0, 0.05) is 6.92 Å². The van der Waals surface area contributed by atoms with E-state index in [9.17, 15) is 9.70 Å². The minimum Gasteiger partial charge on any atom is -0.324 e. The van der Waals surface area contributed by atoms with Crippen molar-refractivity contribution >= 4 is 17.3 Å². The zero-order valence-corrected chi connectivity index (χ0v) is 8.54. The lowest BCUT2D eigenvalue weighted by atomic mass is 10.1. The number of aryl methyl sites for hydroxylation is 1. The van der Waals surface area contributed by atoms with Crippen LogP contribution in [0.5, 0.6) is 0 Å². The smallest absolute Gasteiger partial charge is 0.221 e. The van der Waals surface area contributed by atoms with Gasteiger partial charge in [0.1, 0.15) is 5.69 Å². The quantitative estimate of drug-likeness (QED) is 0.752. The molecule has 0 saturated heterocycles. The van der Waals surface area contributed by atoms with Gasteiger partial charge in [-0.2, -0.15) is 0 Å². The van der Waals surface area contributed by atoms with Gasteiger partial charge >= 0.3 is 0 Å². The van der Waals surface area contributed by atoms with Gasteiger partial charge in [-0.3, -0.25) is 4.79 Å². The number of anilines is 1. The van der Waals surface area contributed by atoms with Crippen LogP contribution >= 0.6 is 0 Å². The number of benzene rings is 1. The Labute approximate surface area is 87.7 Å². The molecule has 4 heteroatoms. The van der Waals surface area contributed by atoms with E-state index >= 15 is 0 Å². The van der Waals surface area contributed by atoms with Crippen LogP contribution in [0, 0.1) is 4.91 Å². The van der Waals surface area contributed by atoms with Gasteiger partial charge in [-0.25, -0.2) is 0 Å². The third-order valence-corrected chi connectivity index (χ3v) is 2.65. The molecule has 0 saturated carbocycles. The van der Waals surface area contributed by atoms with Crippen LogP contribution in [-0.2, 0) is 17.6 Å². The third kappa shape index (κ3) is 1.75. The van der Waals surface area contributed by atoms with Gasteiger partial charge in [-0.1, -0.05) is 6.07 Å². The van der Waals surface area contributed by atoms with E-state index in [2.05, 4.69) is 10.5 Å². The van der Waals surface area contributed by atoms with E-state index in [4.69, 9.17) is 0 Å². The van der Waals surface area contributed by atoms with Crippen LogP contribution in [0.4, 0.5) is 11.4 Å². The molecule has 78 valence electrons. The van der Waals surface area contributed by atoms with E-state index in [1.54, 1.807) is 6.07 Å². The molecular formula is C11H12N2O2. The Morgan fingerprint density at radius 1 is 1.40 bits per heavy atom. The summed E-state index contributed by atoms with van der Waals surface area (Å²) in [6.07, 6.45) is 2.93. The molecule has 0 unspecified atom stereocenters. The van der Waals surface area contributed by atoms with Crippen molar-refractivity contribution in [2.24, 2.45) is 5.18 Å². The molecule has 0 atom stereocenters. The lowest BCUT2D eigenvalue weighted by molar-refractivity contribution is -0.114. The molecule has 0 heterocycles. The number of carbonyl (C=O) groups is 1. The molecule has 15 heavy (non-hydrogen) atoms. The van der Waals surface area contributed by atoms with E-state index in [0.29, 0.717) is 11.4 Å². The Kier molecular flexibility index (Phi) is 2.49. The summed E-state index contributed by atoms with van der Waals surface area (Å²) in [5, 5.41) is 5.65. The number of hydrogen-bond acceptors (Lipinski definition) is 3. The Balaban J connectivity index is 2.47. The normalized spacial score (nSPS) is 13.4. The van der Waals surface area contributed by atoms with E-state index in [1.165, 1.54) is 12.5 Å². The third-order valence-electron chi connectivity index (χ3n) is 2.65. The zero-order chi connectivity index (χ0) is 10.8. The van der Waals surface area contributed by atoms with Gasteiger partial charge in [0.2, 0.25) is 5.91 Å². The second-order valence-electron chi connectivity index (χ2n) is 3.73. The monoisotopic (exact) mass is 204 g/mol. The Morgan fingerprint density at radius 3 is 2.87 bits per heavy atom. The maximum Gasteiger partial charge on any atom is 0.221 e. The molecule has 1 aliphatic rings. The highest BCUT2D eigenvalue weighted by atomic mass is 16.3. The van der Waals surface area contributed by atoms with Gasteiger partial charge in [0.25, 0.3) is 0 Å². The fourth-order valence-electron chi connectivity index (χ4n) is 2.04. The van der Waals surface area contributed by atoms with Gasteiger partial charge in [0.05, 0.1) is 5.69 Å². The molecule has 0 spiro atoms. The van der Waals surface area contributed by atoms with E-state index in [1.807, 2.05) is 6.07 Å². The first-order chi connectivity index (χ1) is 7.22. The van der Waals surface area contributed by atoms with Crippen molar-refractivity contribution in [3.63, 3.8) is 0 Å². The second-order valence-corrected chi connectivity index (χ2v) is 3.73. The van der Waals surface area contributed by atoms with Crippen molar-refractivity contribution in [2.45, 2.75) is 26.2 Å². The highest BCUT2D eigenvalue weighted by Crippen LogP contribution is 2.36. The SMILES string of the molecule is CC(=O)Nc1ccc2c(c1N=O)CCC2. The standard InChI is InChI=1S/C11H12N2O2/c1-7(14)12-10-6-5-8-3-2-4-9(8)11(10)13-15/h5-6H,2-4H2,1H3,(H,12,14). The van der Waals surface area contributed by atoms with Crippen LogP contribution in [-0.4, -0.2) is 5.91 Å². The predicted molar refractivity (Wildman–Crippen MR) is 58.2 cm³/mol. The fourth-order valence-corrected chi connectivity index (χ4v) is 2.04. The summed E-state index contributed by atoms with van der Waals surface area (Å²) in [4.78, 5) is 21.7. The van der Waals surface area contributed by atoms with E-state index in [-0.39, 0.29) is 5.91 Å². The summed E-state index contributed by atoms with van der Waals surface area (Å²) in [7, 11) is 0. The molecule has 1 aromatic carbocycles. The Hall–Kier alpha value is -1.71. The van der Waals surface area contributed by atoms with E-state index in [0.717, 1.165) is 24.8 Å². The number of nitroso groups, excluding NO2 is 1. The molecule has 4 nitrogen and oxygen atoms in total. The Bertz CT molecular complexity index is 427. The molecule has 1 aliphatic carbocycles. The minimum atomic E-state index is -0.183. The Morgan fingerprint density at radius 2 is 2.20 bits per heavy atom. The maximum atomic E-state index is 10.9. The number of rotatable bonds is 2. The second kappa shape index (κ2) is 3.81. The first-order valence-electron chi connectivity index (χ1n) is 4.98. The molecule has 0 radical (unpaired) electrons. The largest absolute Gasteiger partial charge is 0.324 e. The van der Waals surface area contributed by atoms with Gasteiger partial charge in [0.15, 0.2) is 0 Å². The molecule has 1 N–H and O–H groups in total. The lowest BCUT2D eigenvalue weighted by Crippen LogP contribution is -2.06. The van der Waals surface area contributed by atoms with Crippen molar-refractivity contribution in [1.82, 2.24) is 0 Å². The van der Waals surface area contributed by atoms with Crippen LogP contribution in [0.1, 0.15) is 24.5 Å². The first kappa shape index (κ1) is 9.83. The summed E-state index contributed by atoms with van der Waals surface area (Å²) in [6.45, 7) is 1.42. The number of fused-ring (bicyclic) bond motifs is 1. The molecule has 0 aliphatic heterocycles. The lowest BCUT2D eigenvalue weighted by Gasteiger charge is -2.08. The van der Waals surface area contributed by atoms with Gasteiger partial charge in [-0.05, 0) is 41.6 Å². The first-order valence-corrected chi connectivity index (χ1v) is 4.98. The highest BCUT2D eigenvalue weighted by Gasteiger charge is 2.18. The molecule has 0 bridgehead atoms. The van der Waals surface area contributed by atoms with Crippen molar-refractivity contribution in [1.29, 1.82) is 0 Å². The molecule has 1 amide bonds. The summed E-state index contributed by atoms with van der Waals surface area (Å²) in [6, 6.07) is 3.71. The van der Waals surface area contributed by atoms with Crippen molar-refractivity contribution in [3.8, 4) is 0 Å². The summed E-state index contributed by atoms with van der Waals surface area (Å²) < 4.78 is 0. The number of carbonyl (C=O) groups excluding carboxylic acids is 1. The van der Waals surface area contributed by atoms with Crippen molar-refractivity contribution in [2.75, 3.05) is 5.32 Å². The number of amides is 1. The maximum absolute atomic E-state index is 10.9. The fraction of sp³-hybridized carbons (Fsp3) is 0.364. The molecule has 2 rings (SSSR count). The average molecular weight is 204 g/mol. The summed E-state index contributed by atoms with van der Waals surface area (Å²) in [5.74, 6) is -0.183. The van der Waals surface area contributed by atoms with Gasteiger partial charge in [-0.15, -0.1) is 4.91 Å². The van der Waals surface area contributed by atoms with Crippen LogP contribution in [0.2, 0.25) is 0 Å². The number of nitrogens with zero attached hydrogens (tertiary/aromatic N) is 1. The molecule has 1 aromatic rings. The van der Waals surface area contributed by atoms with Crippen LogP contribution in [0.3, 0.4) is 0 Å². The summed E-state index contributed by atoms with van der Waals surface area (Å²) >= 11 is 0. The highest BCUT2D eigenvalue weighted by molar-refractivity contribution is 5.92. The minimum absolute atomic E-state index is 0.183. The van der Waals surface area contributed by atoms with Crippen LogP contribution < -0.4 is 5.32 Å². The molecule has 0 fully saturated rings. The summed E-state index contributed by atoms with van der Waals surface area (Å²) in [5.41, 5.74) is 3.10. The van der Waals surface area contributed by atoms with Gasteiger partial charge < -0.3 is 5.32 Å². The number of hydrogen-bond donors (Lipinski definition) is 1. The molecular weight excluding hydrogens is 192 g/mol. The van der Waals surface area contributed by atoms with Crippen molar-refractivity contribution < 1.29 is 4.79 Å².